The quantitative estimate of drug-likeness (QED) is 0.621. The topological polar surface area (TPSA) is 113 Å². The molecule has 0 radical (unpaired) electrons. The predicted octanol–water partition coefficient (Wildman–Crippen LogP) is -0.0321. The summed E-state index contributed by atoms with van der Waals surface area (Å²) in [6.45, 7) is 1.32. The number of aryl methyl sites for hydroxylation is 1. The Hall–Kier alpha value is -2.40. The molecule has 0 saturated carbocycles. The van der Waals surface area contributed by atoms with Gasteiger partial charge in [-0.2, -0.15) is 0 Å². The van der Waals surface area contributed by atoms with Gasteiger partial charge in [-0.1, -0.05) is 11.8 Å². The summed E-state index contributed by atoms with van der Waals surface area (Å²) in [5.74, 6) is 0.478. The molecule has 0 aromatic carbocycles. The molecule has 27 heavy (non-hydrogen) atoms. The third-order valence-electron chi connectivity index (χ3n) is 4.20. The first-order valence-corrected chi connectivity index (χ1v) is 9.56. The van der Waals surface area contributed by atoms with Gasteiger partial charge < -0.3 is 19.4 Å². The van der Waals surface area contributed by atoms with Crippen LogP contribution in [0.4, 0.5) is 0 Å². The maximum atomic E-state index is 12.3. The minimum Gasteiger partial charge on any atom is -0.491 e. The van der Waals surface area contributed by atoms with E-state index in [1.165, 1.54) is 24.9 Å². The molecule has 1 aliphatic rings. The molecule has 2 aromatic heterocycles. The summed E-state index contributed by atoms with van der Waals surface area (Å²) >= 11 is 1.38. The van der Waals surface area contributed by atoms with E-state index in [2.05, 4.69) is 20.8 Å². The summed E-state index contributed by atoms with van der Waals surface area (Å²) < 4.78 is 13.9. The van der Waals surface area contributed by atoms with Crippen molar-refractivity contribution in [3.63, 3.8) is 0 Å². The van der Waals surface area contributed by atoms with E-state index < -0.39 is 0 Å². The number of amides is 1. The SMILES string of the molecule is COc1cn(CC(=O)NCC2CCCO2)c(CSc2nnnn2C)cc1=O. The second-order valence-corrected chi connectivity index (χ2v) is 7.08. The Morgan fingerprint density at radius 2 is 2.37 bits per heavy atom. The Morgan fingerprint density at radius 3 is 3.04 bits per heavy atom. The molecule has 3 heterocycles. The van der Waals surface area contributed by atoms with Crippen LogP contribution in [0.1, 0.15) is 18.5 Å². The number of ether oxygens (including phenoxy) is 2. The van der Waals surface area contributed by atoms with Gasteiger partial charge in [0.15, 0.2) is 5.75 Å². The molecule has 1 unspecified atom stereocenters. The van der Waals surface area contributed by atoms with Crippen LogP contribution in [0.25, 0.3) is 0 Å². The predicted molar refractivity (Wildman–Crippen MR) is 97.6 cm³/mol. The van der Waals surface area contributed by atoms with Crippen molar-refractivity contribution in [1.82, 2.24) is 30.1 Å². The lowest BCUT2D eigenvalue weighted by molar-refractivity contribution is -0.122. The van der Waals surface area contributed by atoms with Gasteiger partial charge in [-0.05, 0) is 23.3 Å². The zero-order valence-corrected chi connectivity index (χ0v) is 16.1. The molecule has 10 nitrogen and oxygen atoms in total. The van der Waals surface area contributed by atoms with E-state index in [0.717, 1.165) is 19.4 Å². The fourth-order valence-corrected chi connectivity index (χ4v) is 3.59. The third-order valence-corrected chi connectivity index (χ3v) is 5.24. The van der Waals surface area contributed by atoms with Crippen LogP contribution in [-0.2, 0) is 28.9 Å². The first-order chi connectivity index (χ1) is 13.1. The van der Waals surface area contributed by atoms with Gasteiger partial charge in [0.1, 0.15) is 6.54 Å². The van der Waals surface area contributed by atoms with Crippen molar-refractivity contribution < 1.29 is 14.3 Å². The van der Waals surface area contributed by atoms with E-state index in [1.807, 2.05) is 0 Å². The van der Waals surface area contributed by atoms with Gasteiger partial charge in [-0.25, -0.2) is 4.68 Å². The number of hydrogen-bond donors (Lipinski definition) is 1. The van der Waals surface area contributed by atoms with Gasteiger partial charge in [0.2, 0.25) is 16.5 Å². The lowest BCUT2D eigenvalue weighted by Crippen LogP contribution is -2.34. The summed E-state index contributed by atoms with van der Waals surface area (Å²) in [6.07, 6.45) is 3.62. The minimum atomic E-state index is -0.236. The largest absolute Gasteiger partial charge is 0.491 e. The molecule has 1 aliphatic heterocycles. The van der Waals surface area contributed by atoms with Crippen LogP contribution in [0.5, 0.6) is 5.75 Å². The van der Waals surface area contributed by atoms with Crippen LogP contribution in [-0.4, -0.2) is 57.0 Å². The van der Waals surface area contributed by atoms with Gasteiger partial charge in [0.25, 0.3) is 0 Å². The number of pyridine rings is 1. The molecule has 11 heteroatoms. The number of carbonyl (C=O) groups is 1. The molecule has 146 valence electrons. The van der Waals surface area contributed by atoms with Crippen molar-refractivity contribution in [2.45, 2.75) is 36.4 Å². The van der Waals surface area contributed by atoms with Gasteiger partial charge in [-0.3, -0.25) is 9.59 Å². The standard InChI is InChI=1S/C16H22N6O4S/c1-21-16(18-19-20-21)27-10-11-6-13(23)14(25-2)8-22(11)9-15(24)17-7-12-4-3-5-26-12/h6,8,12H,3-5,7,9-10H2,1-2H3,(H,17,24). The summed E-state index contributed by atoms with van der Waals surface area (Å²) in [6, 6.07) is 1.48. The molecule has 0 bridgehead atoms. The lowest BCUT2D eigenvalue weighted by atomic mass is 10.2. The zero-order valence-electron chi connectivity index (χ0n) is 15.3. The van der Waals surface area contributed by atoms with Crippen molar-refractivity contribution in [2.75, 3.05) is 20.3 Å². The van der Waals surface area contributed by atoms with Crippen LogP contribution in [0.2, 0.25) is 0 Å². The number of carbonyl (C=O) groups excluding carboxylic acids is 1. The minimum absolute atomic E-state index is 0.0796. The zero-order chi connectivity index (χ0) is 19.2. The molecule has 1 amide bonds. The number of rotatable bonds is 8. The van der Waals surface area contributed by atoms with Crippen LogP contribution < -0.4 is 15.5 Å². The van der Waals surface area contributed by atoms with Crippen LogP contribution in [0.3, 0.4) is 0 Å². The fraction of sp³-hybridized carbons (Fsp3) is 0.562. The number of aromatic nitrogens is 5. The van der Waals surface area contributed by atoms with Crippen LogP contribution in [0, 0.1) is 0 Å². The van der Waals surface area contributed by atoms with E-state index in [1.54, 1.807) is 22.5 Å². The Kier molecular flexibility index (Phi) is 6.45. The van der Waals surface area contributed by atoms with E-state index in [4.69, 9.17) is 9.47 Å². The van der Waals surface area contributed by atoms with E-state index in [0.29, 0.717) is 23.1 Å². The summed E-state index contributed by atoms with van der Waals surface area (Å²) in [5.41, 5.74) is 0.446. The smallest absolute Gasteiger partial charge is 0.240 e. The Bertz CT molecular complexity index is 846. The van der Waals surface area contributed by atoms with Gasteiger partial charge in [-0.15, -0.1) is 5.10 Å². The normalized spacial score (nSPS) is 16.4. The summed E-state index contributed by atoms with van der Waals surface area (Å²) in [7, 11) is 3.17. The number of methoxy groups -OCH3 is 1. The molecule has 1 saturated heterocycles. The Balaban J connectivity index is 1.69. The number of nitrogens with one attached hydrogen (secondary N) is 1. The maximum Gasteiger partial charge on any atom is 0.240 e. The van der Waals surface area contributed by atoms with Crippen LogP contribution >= 0.6 is 11.8 Å². The van der Waals surface area contributed by atoms with Gasteiger partial charge in [0, 0.05) is 37.7 Å². The number of nitrogens with zero attached hydrogens (tertiary/aromatic N) is 5. The van der Waals surface area contributed by atoms with Crippen molar-refractivity contribution in [1.29, 1.82) is 0 Å². The highest BCUT2D eigenvalue weighted by Gasteiger charge is 2.17. The van der Waals surface area contributed by atoms with Gasteiger partial charge >= 0.3 is 0 Å². The number of thioether (sulfide) groups is 1. The maximum absolute atomic E-state index is 12.3. The highest BCUT2D eigenvalue weighted by molar-refractivity contribution is 7.98. The van der Waals surface area contributed by atoms with Gasteiger partial charge in [0.05, 0.1) is 19.4 Å². The molecule has 1 atom stereocenters. The highest BCUT2D eigenvalue weighted by Crippen LogP contribution is 2.20. The highest BCUT2D eigenvalue weighted by atomic mass is 32.2. The number of hydrogen-bond acceptors (Lipinski definition) is 8. The fourth-order valence-electron chi connectivity index (χ4n) is 2.74. The molecule has 0 spiro atoms. The second kappa shape index (κ2) is 9.00. The summed E-state index contributed by atoms with van der Waals surface area (Å²) in [4.78, 5) is 24.5. The Morgan fingerprint density at radius 1 is 1.52 bits per heavy atom. The third kappa shape index (κ3) is 5.07. The van der Waals surface area contributed by atoms with E-state index in [9.17, 15) is 9.59 Å². The molecule has 1 fully saturated rings. The molecule has 3 rings (SSSR count). The van der Waals surface area contributed by atoms with Crippen LogP contribution in [0.15, 0.2) is 22.2 Å². The van der Waals surface area contributed by atoms with Crippen molar-refractivity contribution in [2.24, 2.45) is 7.05 Å². The monoisotopic (exact) mass is 394 g/mol. The van der Waals surface area contributed by atoms with Crippen molar-refractivity contribution in [3.05, 3.63) is 28.2 Å². The van der Waals surface area contributed by atoms with Crippen molar-refractivity contribution in [3.8, 4) is 5.75 Å². The second-order valence-electron chi connectivity index (χ2n) is 6.14. The average molecular weight is 394 g/mol. The first-order valence-electron chi connectivity index (χ1n) is 8.57. The van der Waals surface area contributed by atoms with E-state index >= 15 is 0 Å². The Labute approximate surface area is 160 Å². The first kappa shape index (κ1) is 19.4. The molecule has 2 aromatic rings. The summed E-state index contributed by atoms with van der Waals surface area (Å²) in [5, 5.41) is 14.8. The molecular weight excluding hydrogens is 372 g/mol. The number of tetrazole rings is 1. The van der Waals surface area contributed by atoms with E-state index in [-0.39, 0.29) is 29.7 Å². The van der Waals surface area contributed by atoms with Crippen molar-refractivity contribution >= 4 is 17.7 Å². The molecule has 1 N–H and O–H groups in total. The molecular formula is C16H22N6O4S. The lowest BCUT2D eigenvalue weighted by Gasteiger charge is -2.15. The molecule has 0 aliphatic carbocycles. The average Bonchev–Trinajstić information content (AvgIpc) is 3.31.